The van der Waals surface area contributed by atoms with Gasteiger partial charge < -0.3 is 4.74 Å². The SMILES string of the molecule is CNNC(=O)C(C)(C)c1ccc2c(c1)CCCO2. The lowest BCUT2D eigenvalue weighted by Crippen LogP contribution is -2.45. The summed E-state index contributed by atoms with van der Waals surface area (Å²) in [6, 6.07) is 6.03. The summed E-state index contributed by atoms with van der Waals surface area (Å²) >= 11 is 0. The van der Waals surface area contributed by atoms with Crippen molar-refractivity contribution in [2.45, 2.75) is 32.1 Å². The maximum absolute atomic E-state index is 12.0. The normalized spacial score (nSPS) is 14.6. The second-order valence-corrected chi connectivity index (χ2v) is 5.10. The van der Waals surface area contributed by atoms with Crippen molar-refractivity contribution in [2.75, 3.05) is 13.7 Å². The van der Waals surface area contributed by atoms with Gasteiger partial charge in [-0.2, -0.15) is 0 Å². The number of hydrogen-bond donors (Lipinski definition) is 2. The number of aryl methyl sites for hydroxylation is 1. The van der Waals surface area contributed by atoms with E-state index in [9.17, 15) is 4.79 Å². The molecule has 0 saturated heterocycles. The van der Waals surface area contributed by atoms with E-state index in [1.807, 2.05) is 26.0 Å². The summed E-state index contributed by atoms with van der Waals surface area (Å²) in [5.74, 6) is 0.913. The van der Waals surface area contributed by atoms with Crippen molar-refractivity contribution in [1.82, 2.24) is 10.9 Å². The Morgan fingerprint density at radius 1 is 1.39 bits per heavy atom. The fourth-order valence-electron chi connectivity index (χ4n) is 2.15. The van der Waals surface area contributed by atoms with Crippen LogP contribution in [0.4, 0.5) is 0 Å². The van der Waals surface area contributed by atoms with Gasteiger partial charge in [0.05, 0.1) is 12.0 Å². The third-order valence-electron chi connectivity index (χ3n) is 3.44. The van der Waals surface area contributed by atoms with Crippen LogP contribution < -0.4 is 15.6 Å². The van der Waals surface area contributed by atoms with E-state index in [1.165, 1.54) is 5.56 Å². The van der Waals surface area contributed by atoms with Gasteiger partial charge in [0.15, 0.2) is 0 Å². The van der Waals surface area contributed by atoms with Crippen LogP contribution in [0.5, 0.6) is 5.75 Å². The molecule has 0 fully saturated rings. The largest absolute Gasteiger partial charge is 0.493 e. The molecular weight excluding hydrogens is 228 g/mol. The highest BCUT2D eigenvalue weighted by Gasteiger charge is 2.30. The Labute approximate surface area is 108 Å². The monoisotopic (exact) mass is 248 g/mol. The predicted octanol–water partition coefficient (Wildman–Crippen LogP) is 1.54. The van der Waals surface area contributed by atoms with Crippen molar-refractivity contribution in [3.63, 3.8) is 0 Å². The standard InChI is InChI=1S/C14H20N2O2/c1-14(2,13(17)16-15-3)11-6-7-12-10(9-11)5-4-8-18-12/h6-7,9,15H,4-5,8H2,1-3H3,(H,16,17). The second kappa shape index (κ2) is 4.98. The molecule has 2 N–H and O–H groups in total. The molecule has 98 valence electrons. The molecule has 2 rings (SSSR count). The molecule has 1 aromatic carbocycles. The Bertz CT molecular complexity index is 455. The van der Waals surface area contributed by atoms with Crippen LogP contribution in [0, 0.1) is 0 Å². The van der Waals surface area contributed by atoms with Gasteiger partial charge in [-0.25, -0.2) is 5.43 Å². The lowest BCUT2D eigenvalue weighted by molar-refractivity contribution is -0.126. The minimum Gasteiger partial charge on any atom is -0.493 e. The lowest BCUT2D eigenvalue weighted by atomic mass is 9.82. The molecule has 4 heteroatoms. The number of carbonyl (C=O) groups is 1. The molecular formula is C14H20N2O2. The average Bonchev–Trinajstić information content (AvgIpc) is 2.38. The highest BCUT2D eigenvalue weighted by Crippen LogP contribution is 2.31. The molecule has 1 aliphatic heterocycles. The summed E-state index contributed by atoms with van der Waals surface area (Å²) in [5, 5.41) is 0. The van der Waals surface area contributed by atoms with E-state index < -0.39 is 5.41 Å². The van der Waals surface area contributed by atoms with Crippen LogP contribution in [0.1, 0.15) is 31.4 Å². The van der Waals surface area contributed by atoms with Gasteiger partial charge >= 0.3 is 0 Å². The number of hydrogen-bond acceptors (Lipinski definition) is 3. The van der Waals surface area contributed by atoms with Gasteiger partial charge in [0.25, 0.3) is 0 Å². The van der Waals surface area contributed by atoms with Crippen LogP contribution in [-0.2, 0) is 16.6 Å². The Kier molecular flexibility index (Phi) is 3.57. The number of nitrogens with one attached hydrogen (secondary N) is 2. The van der Waals surface area contributed by atoms with Gasteiger partial charge in [0.2, 0.25) is 5.91 Å². The third-order valence-corrected chi connectivity index (χ3v) is 3.44. The van der Waals surface area contributed by atoms with E-state index in [2.05, 4.69) is 16.9 Å². The van der Waals surface area contributed by atoms with E-state index in [1.54, 1.807) is 7.05 Å². The summed E-state index contributed by atoms with van der Waals surface area (Å²) in [7, 11) is 1.69. The minimum atomic E-state index is -0.560. The van der Waals surface area contributed by atoms with Crippen molar-refractivity contribution in [3.8, 4) is 5.75 Å². The van der Waals surface area contributed by atoms with E-state index in [4.69, 9.17) is 4.74 Å². The highest BCUT2D eigenvalue weighted by molar-refractivity contribution is 5.87. The molecule has 0 aliphatic carbocycles. The topological polar surface area (TPSA) is 50.4 Å². The number of benzene rings is 1. The van der Waals surface area contributed by atoms with Crippen LogP contribution in [0.25, 0.3) is 0 Å². The van der Waals surface area contributed by atoms with Crippen molar-refractivity contribution in [1.29, 1.82) is 0 Å². The van der Waals surface area contributed by atoms with E-state index in [0.717, 1.165) is 30.8 Å². The van der Waals surface area contributed by atoms with Crippen molar-refractivity contribution in [3.05, 3.63) is 29.3 Å². The Morgan fingerprint density at radius 2 is 2.17 bits per heavy atom. The predicted molar refractivity (Wildman–Crippen MR) is 70.5 cm³/mol. The van der Waals surface area contributed by atoms with Crippen molar-refractivity contribution >= 4 is 5.91 Å². The number of hydrazine groups is 1. The van der Waals surface area contributed by atoms with Crippen molar-refractivity contribution < 1.29 is 9.53 Å². The maximum atomic E-state index is 12.0. The Hall–Kier alpha value is -1.55. The van der Waals surface area contributed by atoms with Gasteiger partial charge in [-0.1, -0.05) is 12.1 Å². The summed E-state index contributed by atoms with van der Waals surface area (Å²) in [6.07, 6.45) is 2.06. The van der Waals surface area contributed by atoms with E-state index >= 15 is 0 Å². The first kappa shape index (κ1) is 12.9. The number of amides is 1. The van der Waals surface area contributed by atoms with Crippen LogP contribution >= 0.6 is 0 Å². The molecule has 4 nitrogen and oxygen atoms in total. The fourth-order valence-corrected chi connectivity index (χ4v) is 2.15. The molecule has 0 spiro atoms. The van der Waals surface area contributed by atoms with Gasteiger partial charge in [0, 0.05) is 7.05 Å². The van der Waals surface area contributed by atoms with E-state index in [0.29, 0.717) is 0 Å². The molecule has 0 bridgehead atoms. The Balaban J connectivity index is 2.30. The first-order valence-electron chi connectivity index (χ1n) is 6.29. The molecule has 18 heavy (non-hydrogen) atoms. The van der Waals surface area contributed by atoms with Crippen LogP contribution in [0.2, 0.25) is 0 Å². The maximum Gasteiger partial charge on any atom is 0.244 e. The Morgan fingerprint density at radius 3 is 2.89 bits per heavy atom. The third kappa shape index (κ3) is 2.34. The van der Waals surface area contributed by atoms with Crippen LogP contribution in [0.3, 0.4) is 0 Å². The minimum absolute atomic E-state index is 0.0401. The van der Waals surface area contributed by atoms with Crippen LogP contribution in [-0.4, -0.2) is 19.6 Å². The van der Waals surface area contributed by atoms with Gasteiger partial charge in [0.1, 0.15) is 5.75 Å². The first-order chi connectivity index (χ1) is 8.55. The van der Waals surface area contributed by atoms with Gasteiger partial charge in [-0.05, 0) is 43.9 Å². The summed E-state index contributed by atoms with van der Waals surface area (Å²) in [6.45, 7) is 4.63. The summed E-state index contributed by atoms with van der Waals surface area (Å²) in [5.41, 5.74) is 6.98. The summed E-state index contributed by atoms with van der Waals surface area (Å²) < 4.78 is 5.59. The summed E-state index contributed by atoms with van der Waals surface area (Å²) in [4.78, 5) is 12.0. The number of ether oxygens (including phenoxy) is 1. The molecule has 0 saturated carbocycles. The first-order valence-corrected chi connectivity index (χ1v) is 6.29. The zero-order valence-corrected chi connectivity index (χ0v) is 11.2. The zero-order valence-electron chi connectivity index (χ0n) is 11.2. The molecule has 0 unspecified atom stereocenters. The molecule has 1 aliphatic rings. The number of rotatable bonds is 3. The molecule has 1 aromatic rings. The molecule has 0 radical (unpaired) electrons. The zero-order chi connectivity index (χ0) is 13.2. The smallest absolute Gasteiger partial charge is 0.244 e. The van der Waals surface area contributed by atoms with Crippen LogP contribution in [0.15, 0.2) is 18.2 Å². The lowest BCUT2D eigenvalue weighted by Gasteiger charge is -2.26. The van der Waals surface area contributed by atoms with E-state index in [-0.39, 0.29) is 5.91 Å². The van der Waals surface area contributed by atoms with Crippen molar-refractivity contribution in [2.24, 2.45) is 0 Å². The highest BCUT2D eigenvalue weighted by atomic mass is 16.5. The second-order valence-electron chi connectivity index (χ2n) is 5.10. The number of fused-ring (bicyclic) bond motifs is 1. The average molecular weight is 248 g/mol. The molecule has 1 heterocycles. The number of carbonyl (C=O) groups excluding carboxylic acids is 1. The molecule has 1 amide bonds. The van der Waals surface area contributed by atoms with Gasteiger partial charge in [-0.15, -0.1) is 0 Å². The fraction of sp³-hybridized carbons (Fsp3) is 0.500. The molecule has 0 aromatic heterocycles. The quantitative estimate of drug-likeness (QED) is 0.798. The molecule has 0 atom stereocenters. The van der Waals surface area contributed by atoms with Gasteiger partial charge in [-0.3, -0.25) is 10.2 Å².